The molecule has 0 bridgehead atoms. The first-order chi connectivity index (χ1) is 11.9. The summed E-state index contributed by atoms with van der Waals surface area (Å²) in [5.74, 6) is -0.387. The summed E-state index contributed by atoms with van der Waals surface area (Å²) in [6, 6.07) is 13.9. The summed E-state index contributed by atoms with van der Waals surface area (Å²) in [6.45, 7) is 6.40. The van der Waals surface area contributed by atoms with Gasteiger partial charge in [-0.3, -0.25) is 9.59 Å². The fraction of sp³-hybridized carbons (Fsp3) is 0.333. The minimum atomic E-state index is -0.918. The number of anilines is 1. The minimum absolute atomic E-state index is 0.182. The molecule has 1 saturated carbocycles. The van der Waals surface area contributed by atoms with E-state index in [2.05, 4.69) is 10.6 Å². The van der Waals surface area contributed by atoms with Crippen molar-refractivity contribution in [3.63, 3.8) is 0 Å². The highest BCUT2D eigenvalue weighted by molar-refractivity contribution is 6.13. The molecule has 0 aromatic heterocycles. The van der Waals surface area contributed by atoms with Crippen LogP contribution >= 0.6 is 0 Å². The molecule has 2 amide bonds. The van der Waals surface area contributed by atoms with Gasteiger partial charge in [0, 0.05) is 12.2 Å². The molecule has 130 valence electrons. The van der Waals surface area contributed by atoms with Crippen molar-refractivity contribution in [1.29, 1.82) is 0 Å². The Morgan fingerprint density at radius 1 is 0.960 bits per heavy atom. The molecule has 2 aromatic carbocycles. The molecule has 2 N–H and O–H groups in total. The second-order valence-corrected chi connectivity index (χ2v) is 6.96. The lowest BCUT2D eigenvalue weighted by Gasteiger charge is -2.17. The zero-order valence-electron chi connectivity index (χ0n) is 15.0. The molecule has 4 nitrogen and oxygen atoms in total. The number of carbonyl (C=O) groups is 2. The Balaban J connectivity index is 1.67. The summed E-state index contributed by atoms with van der Waals surface area (Å²) in [6.07, 6.45) is 1.20. The SMILES string of the molecule is Cc1ccc(C)c(NC(=O)C2(C(=O)NCc3ccccc3C)CC2)c1. The van der Waals surface area contributed by atoms with Crippen LogP contribution in [0, 0.1) is 26.2 Å². The fourth-order valence-corrected chi connectivity index (χ4v) is 2.95. The fourth-order valence-electron chi connectivity index (χ4n) is 2.95. The Morgan fingerprint density at radius 2 is 1.68 bits per heavy atom. The highest BCUT2D eigenvalue weighted by Gasteiger charge is 2.56. The van der Waals surface area contributed by atoms with Crippen LogP contribution in [0.1, 0.15) is 35.1 Å². The number of carbonyl (C=O) groups excluding carboxylic acids is 2. The van der Waals surface area contributed by atoms with Gasteiger partial charge in [0.1, 0.15) is 5.41 Å². The van der Waals surface area contributed by atoms with Gasteiger partial charge in [-0.25, -0.2) is 0 Å². The molecule has 0 heterocycles. The maximum atomic E-state index is 12.7. The second kappa shape index (κ2) is 6.71. The Morgan fingerprint density at radius 3 is 2.36 bits per heavy atom. The zero-order chi connectivity index (χ0) is 18.0. The number of hydrogen-bond acceptors (Lipinski definition) is 2. The van der Waals surface area contributed by atoms with Gasteiger partial charge >= 0.3 is 0 Å². The van der Waals surface area contributed by atoms with E-state index < -0.39 is 5.41 Å². The van der Waals surface area contributed by atoms with Crippen molar-refractivity contribution in [2.45, 2.75) is 40.2 Å². The third-order valence-corrected chi connectivity index (χ3v) is 4.96. The smallest absolute Gasteiger partial charge is 0.240 e. The van der Waals surface area contributed by atoms with E-state index in [1.807, 2.05) is 63.2 Å². The molecule has 2 aromatic rings. The number of hydrogen-bond donors (Lipinski definition) is 2. The van der Waals surface area contributed by atoms with Gasteiger partial charge in [-0.2, -0.15) is 0 Å². The van der Waals surface area contributed by atoms with E-state index in [9.17, 15) is 9.59 Å². The topological polar surface area (TPSA) is 58.2 Å². The van der Waals surface area contributed by atoms with Crippen molar-refractivity contribution in [2.24, 2.45) is 5.41 Å². The lowest BCUT2D eigenvalue weighted by molar-refractivity contribution is -0.134. The first kappa shape index (κ1) is 17.2. The van der Waals surface area contributed by atoms with Crippen molar-refractivity contribution < 1.29 is 9.59 Å². The van der Waals surface area contributed by atoms with Crippen LogP contribution in [0.3, 0.4) is 0 Å². The Labute approximate surface area is 148 Å². The molecule has 0 atom stereocenters. The molecule has 25 heavy (non-hydrogen) atoms. The molecule has 0 radical (unpaired) electrons. The molecule has 4 heteroatoms. The van der Waals surface area contributed by atoms with Crippen LogP contribution < -0.4 is 10.6 Å². The summed E-state index contributed by atoms with van der Waals surface area (Å²) in [4.78, 5) is 25.3. The van der Waals surface area contributed by atoms with Gasteiger partial charge in [0.05, 0.1) is 0 Å². The first-order valence-corrected chi connectivity index (χ1v) is 8.64. The molecule has 0 saturated heterocycles. The van der Waals surface area contributed by atoms with E-state index in [-0.39, 0.29) is 11.8 Å². The number of nitrogens with one attached hydrogen (secondary N) is 2. The van der Waals surface area contributed by atoms with Gasteiger partial charge in [-0.15, -0.1) is 0 Å². The Hall–Kier alpha value is -2.62. The van der Waals surface area contributed by atoms with Gasteiger partial charge in [0.15, 0.2) is 0 Å². The molecule has 0 aliphatic heterocycles. The van der Waals surface area contributed by atoms with Crippen LogP contribution in [-0.2, 0) is 16.1 Å². The zero-order valence-corrected chi connectivity index (χ0v) is 15.0. The molecule has 1 aliphatic carbocycles. The molecule has 0 spiro atoms. The third kappa shape index (κ3) is 3.58. The highest BCUT2D eigenvalue weighted by atomic mass is 16.2. The van der Waals surface area contributed by atoms with Crippen LogP contribution in [-0.4, -0.2) is 11.8 Å². The predicted molar refractivity (Wildman–Crippen MR) is 99.2 cm³/mol. The summed E-state index contributed by atoms with van der Waals surface area (Å²) < 4.78 is 0. The largest absolute Gasteiger partial charge is 0.351 e. The van der Waals surface area contributed by atoms with E-state index in [1.165, 1.54) is 0 Å². The number of aryl methyl sites for hydroxylation is 3. The number of amides is 2. The summed E-state index contributed by atoms with van der Waals surface area (Å²) in [5.41, 5.74) is 4.14. The quantitative estimate of drug-likeness (QED) is 0.819. The lowest BCUT2D eigenvalue weighted by Crippen LogP contribution is -2.39. The third-order valence-electron chi connectivity index (χ3n) is 4.96. The van der Waals surface area contributed by atoms with Crippen molar-refractivity contribution >= 4 is 17.5 Å². The second-order valence-electron chi connectivity index (χ2n) is 6.96. The monoisotopic (exact) mass is 336 g/mol. The summed E-state index contributed by atoms with van der Waals surface area (Å²) in [5, 5.41) is 5.88. The van der Waals surface area contributed by atoms with E-state index in [1.54, 1.807) is 0 Å². The van der Waals surface area contributed by atoms with E-state index >= 15 is 0 Å². The van der Waals surface area contributed by atoms with Crippen molar-refractivity contribution in [3.8, 4) is 0 Å². The average Bonchev–Trinajstić information content (AvgIpc) is 3.39. The highest BCUT2D eigenvalue weighted by Crippen LogP contribution is 2.47. The van der Waals surface area contributed by atoms with Crippen LogP contribution in [0.4, 0.5) is 5.69 Å². The first-order valence-electron chi connectivity index (χ1n) is 8.64. The standard InChI is InChI=1S/C21H24N2O2/c1-14-8-9-16(3)18(12-14)23-20(25)21(10-11-21)19(24)22-13-17-7-5-4-6-15(17)2/h4-9,12H,10-11,13H2,1-3H3,(H,22,24)(H,23,25). The summed E-state index contributed by atoms with van der Waals surface area (Å²) in [7, 11) is 0. The van der Waals surface area contributed by atoms with E-state index in [0.717, 1.165) is 27.9 Å². The van der Waals surface area contributed by atoms with Crippen molar-refractivity contribution in [2.75, 3.05) is 5.32 Å². The van der Waals surface area contributed by atoms with Gasteiger partial charge in [-0.1, -0.05) is 36.4 Å². The Kier molecular flexibility index (Phi) is 4.62. The van der Waals surface area contributed by atoms with Crippen LogP contribution in [0.5, 0.6) is 0 Å². The molecule has 3 rings (SSSR count). The normalized spacial score (nSPS) is 14.7. The maximum Gasteiger partial charge on any atom is 0.240 e. The summed E-state index contributed by atoms with van der Waals surface area (Å²) >= 11 is 0. The van der Waals surface area contributed by atoms with E-state index in [0.29, 0.717) is 19.4 Å². The van der Waals surface area contributed by atoms with Gasteiger partial charge < -0.3 is 10.6 Å². The van der Waals surface area contributed by atoms with Crippen LogP contribution in [0.25, 0.3) is 0 Å². The van der Waals surface area contributed by atoms with Gasteiger partial charge in [0.2, 0.25) is 11.8 Å². The van der Waals surface area contributed by atoms with Crippen molar-refractivity contribution in [1.82, 2.24) is 5.32 Å². The number of benzene rings is 2. The maximum absolute atomic E-state index is 12.7. The molecule has 0 unspecified atom stereocenters. The van der Waals surface area contributed by atoms with Crippen molar-refractivity contribution in [3.05, 3.63) is 64.7 Å². The average molecular weight is 336 g/mol. The molecule has 1 fully saturated rings. The van der Waals surface area contributed by atoms with Crippen LogP contribution in [0.2, 0.25) is 0 Å². The minimum Gasteiger partial charge on any atom is -0.351 e. The van der Waals surface area contributed by atoms with Gasteiger partial charge in [-0.05, 0) is 61.9 Å². The predicted octanol–water partition coefficient (Wildman–Crippen LogP) is 3.65. The number of rotatable bonds is 5. The van der Waals surface area contributed by atoms with Gasteiger partial charge in [0.25, 0.3) is 0 Å². The lowest BCUT2D eigenvalue weighted by atomic mass is 10.0. The van der Waals surface area contributed by atoms with Crippen LogP contribution in [0.15, 0.2) is 42.5 Å². The Bertz CT molecular complexity index is 822. The molecular weight excluding hydrogens is 312 g/mol. The van der Waals surface area contributed by atoms with E-state index in [4.69, 9.17) is 0 Å². The molecular formula is C21H24N2O2. The molecule has 1 aliphatic rings.